The van der Waals surface area contributed by atoms with E-state index in [1.807, 2.05) is 38.1 Å². The number of allylic oxidation sites excluding steroid dienone is 1. The van der Waals surface area contributed by atoms with Crippen molar-refractivity contribution in [3.63, 3.8) is 0 Å². The summed E-state index contributed by atoms with van der Waals surface area (Å²) in [7, 11) is 1.49. The van der Waals surface area contributed by atoms with Gasteiger partial charge in [-0.2, -0.15) is 4.98 Å². The maximum atomic E-state index is 13.1. The van der Waals surface area contributed by atoms with Crippen LogP contribution >= 0.6 is 0 Å². The Balaban J connectivity index is 1.74. The van der Waals surface area contributed by atoms with Gasteiger partial charge in [-0.15, -0.1) is 0 Å². The fraction of sp³-hybridized carbons (Fsp3) is 0.370. The molecule has 1 aliphatic rings. The van der Waals surface area contributed by atoms with Crippen molar-refractivity contribution in [2.24, 2.45) is 0 Å². The number of rotatable bonds is 10. The number of carbonyl (C=O) groups excluding carboxylic acids is 1. The zero-order valence-electron chi connectivity index (χ0n) is 21.1. The van der Waals surface area contributed by atoms with Crippen LogP contribution < -0.4 is 14.8 Å². The van der Waals surface area contributed by atoms with Gasteiger partial charge in [0.25, 0.3) is 5.89 Å². The quantitative estimate of drug-likeness (QED) is 0.358. The molecule has 2 amide bonds. The van der Waals surface area contributed by atoms with E-state index in [2.05, 4.69) is 22.4 Å². The Morgan fingerprint density at radius 1 is 1.14 bits per heavy atom. The molecule has 1 unspecified atom stereocenters. The first-order valence-electron chi connectivity index (χ1n) is 12.2. The zero-order chi connectivity index (χ0) is 25.7. The maximum Gasteiger partial charge on any atom is 0.322 e. The molecule has 0 spiro atoms. The lowest BCUT2D eigenvalue weighted by atomic mass is 9.94. The third-order valence-electron chi connectivity index (χ3n) is 6.20. The minimum absolute atomic E-state index is 0.0211. The summed E-state index contributed by atoms with van der Waals surface area (Å²) < 4.78 is 16.4. The number of nitrogens with zero attached hydrogens (tertiary/aromatic N) is 3. The van der Waals surface area contributed by atoms with Crippen LogP contribution in [0.5, 0.6) is 17.2 Å². The predicted octanol–water partition coefficient (Wildman–Crippen LogP) is 5.54. The van der Waals surface area contributed by atoms with Crippen LogP contribution in [0.1, 0.15) is 57.5 Å². The number of urea groups is 1. The smallest absolute Gasteiger partial charge is 0.322 e. The maximum absolute atomic E-state index is 13.1. The van der Waals surface area contributed by atoms with Crippen LogP contribution in [0, 0.1) is 0 Å². The van der Waals surface area contributed by atoms with Gasteiger partial charge in [0, 0.05) is 17.8 Å². The van der Waals surface area contributed by atoms with Crippen molar-refractivity contribution in [3.8, 4) is 28.6 Å². The minimum atomic E-state index is -0.592. The summed E-state index contributed by atoms with van der Waals surface area (Å²) in [4.78, 5) is 19.5. The Kier molecular flexibility index (Phi) is 7.77. The first-order valence-corrected chi connectivity index (χ1v) is 12.2. The second-order valence-electron chi connectivity index (χ2n) is 8.55. The molecule has 4 rings (SSSR count). The first kappa shape index (κ1) is 25.1. The van der Waals surface area contributed by atoms with Gasteiger partial charge in [0.05, 0.1) is 25.3 Å². The van der Waals surface area contributed by atoms with Crippen LogP contribution in [0.4, 0.5) is 4.79 Å². The topological polar surface area (TPSA) is 110 Å². The van der Waals surface area contributed by atoms with Gasteiger partial charge >= 0.3 is 6.03 Å². The molecule has 2 N–H and O–H groups in total. The van der Waals surface area contributed by atoms with Gasteiger partial charge in [-0.1, -0.05) is 31.0 Å². The second kappa shape index (κ2) is 11.2. The monoisotopic (exact) mass is 492 g/mol. The molecule has 9 nitrogen and oxygen atoms in total. The molecule has 9 heteroatoms. The predicted molar refractivity (Wildman–Crippen MR) is 136 cm³/mol. The number of aromatic hydroxyl groups is 1. The molecule has 1 aromatic heterocycles. The molecule has 3 aromatic rings. The third kappa shape index (κ3) is 5.15. The molecular formula is C27H32N4O5. The Morgan fingerprint density at radius 3 is 2.58 bits per heavy atom. The van der Waals surface area contributed by atoms with Crippen LogP contribution in [0.15, 0.2) is 52.7 Å². The highest BCUT2D eigenvalue weighted by Crippen LogP contribution is 2.40. The van der Waals surface area contributed by atoms with Crippen LogP contribution in [0.2, 0.25) is 0 Å². The van der Waals surface area contributed by atoms with Crippen LogP contribution in [0.25, 0.3) is 17.0 Å². The lowest BCUT2D eigenvalue weighted by Gasteiger charge is -2.35. The van der Waals surface area contributed by atoms with Gasteiger partial charge in [0.2, 0.25) is 5.82 Å². The number of hydrogen-bond donors (Lipinski definition) is 2. The van der Waals surface area contributed by atoms with Gasteiger partial charge in [-0.3, -0.25) is 4.90 Å². The molecule has 0 saturated carbocycles. The molecule has 0 aliphatic carbocycles. The summed E-state index contributed by atoms with van der Waals surface area (Å²) in [5.74, 6) is 1.82. The lowest BCUT2D eigenvalue weighted by molar-refractivity contribution is 0.204. The van der Waals surface area contributed by atoms with Crippen molar-refractivity contribution in [2.45, 2.75) is 46.1 Å². The van der Waals surface area contributed by atoms with E-state index in [9.17, 15) is 9.90 Å². The van der Waals surface area contributed by atoms with E-state index in [1.54, 1.807) is 23.1 Å². The molecule has 0 bridgehead atoms. The number of amides is 2. The second-order valence-corrected chi connectivity index (χ2v) is 8.55. The summed E-state index contributed by atoms with van der Waals surface area (Å²) in [6.45, 7) is 7.11. The van der Waals surface area contributed by atoms with Crippen molar-refractivity contribution in [1.29, 1.82) is 0 Å². The number of aromatic nitrogens is 2. The van der Waals surface area contributed by atoms with E-state index < -0.39 is 6.04 Å². The van der Waals surface area contributed by atoms with Crippen molar-refractivity contribution in [1.82, 2.24) is 20.4 Å². The Morgan fingerprint density at radius 2 is 1.92 bits per heavy atom. The highest BCUT2D eigenvalue weighted by molar-refractivity contribution is 5.87. The fourth-order valence-electron chi connectivity index (χ4n) is 4.30. The Bertz CT molecular complexity index is 1240. The number of phenols is 1. The van der Waals surface area contributed by atoms with Crippen molar-refractivity contribution in [2.75, 3.05) is 20.3 Å². The van der Waals surface area contributed by atoms with Crippen LogP contribution in [-0.4, -0.2) is 46.4 Å². The number of unbranched alkanes of at least 4 members (excludes halogenated alkanes) is 2. The number of phenolic OH excluding ortho intramolecular Hbond substituents is 1. The first-order chi connectivity index (χ1) is 17.5. The largest absolute Gasteiger partial charge is 0.504 e. The summed E-state index contributed by atoms with van der Waals surface area (Å²) >= 11 is 0. The number of benzene rings is 2. The van der Waals surface area contributed by atoms with Crippen LogP contribution in [0.3, 0.4) is 0 Å². The van der Waals surface area contributed by atoms with Gasteiger partial charge in [-0.25, -0.2) is 4.79 Å². The normalized spacial score (nSPS) is 15.7. The van der Waals surface area contributed by atoms with Gasteiger partial charge in [0.15, 0.2) is 11.5 Å². The van der Waals surface area contributed by atoms with E-state index in [0.717, 1.165) is 36.3 Å². The number of hydrogen-bond acceptors (Lipinski definition) is 7. The zero-order valence-corrected chi connectivity index (χ0v) is 21.1. The number of ether oxygens (including phenoxy) is 2. The fourth-order valence-corrected chi connectivity index (χ4v) is 4.30. The highest BCUT2D eigenvalue weighted by Gasteiger charge is 2.36. The average Bonchev–Trinajstić information content (AvgIpc) is 3.36. The lowest BCUT2D eigenvalue weighted by Crippen LogP contribution is -2.46. The van der Waals surface area contributed by atoms with Crippen molar-refractivity contribution in [3.05, 3.63) is 59.6 Å². The molecule has 1 atom stereocenters. The molecule has 0 radical (unpaired) electrons. The van der Waals surface area contributed by atoms with E-state index in [4.69, 9.17) is 14.0 Å². The summed E-state index contributed by atoms with van der Waals surface area (Å²) in [6, 6.07) is 11.7. The number of carbonyl (C=O) groups is 1. The molecular weight excluding hydrogens is 460 g/mol. The highest BCUT2D eigenvalue weighted by atomic mass is 16.5. The van der Waals surface area contributed by atoms with Gasteiger partial charge in [0.1, 0.15) is 5.75 Å². The standard InChI is InChI=1S/C27H32N4O5/c1-5-7-8-15-31-17(3)23(24(28-27(31)33)19-11-14-22(34-4)21(32)16-19)26-29-25(30-36-26)18-9-12-20(13-10-18)35-6-2/h9-14,16,24,32H,5-8,15H2,1-4H3,(H,28,33). The molecule has 0 fully saturated rings. The molecule has 2 heterocycles. The molecule has 36 heavy (non-hydrogen) atoms. The summed E-state index contributed by atoms with van der Waals surface area (Å²) in [5, 5.41) is 17.7. The number of methoxy groups -OCH3 is 1. The van der Waals surface area contributed by atoms with E-state index >= 15 is 0 Å². The SMILES string of the molecule is CCCCCN1C(=O)NC(c2ccc(OC)c(O)c2)C(c2nc(-c3ccc(OCC)cc3)no2)=C1C. The Labute approximate surface area is 210 Å². The average molecular weight is 493 g/mol. The summed E-state index contributed by atoms with van der Waals surface area (Å²) in [5.41, 5.74) is 2.87. The van der Waals surface area contributed by atoms with Crippen molar-refractivity contribution < 1.29 is 23.9 Å². The van der Waals surface area contributed by atoms with Gasteiger partial charge in [-0.05, 0) is 62.2 Å². The van der Waals surface area contributed by atoms with Gasteiger partial charge < -0.3 is 24.4 Å². The molecule has 2 aromatic carbocycles. The van der Waals surface area contributed by atoms with E-state index in [-0.39, 0.29) is 11.8 Å². The van der Waals surface area contributed by atoms with E-state index in [1.165, 1.54) is 7.11 Å². The minimum Gasteiger partial charge on any atom is -0.504 e. The molecule has 1 aliphatic heterocycles. The number of nitrogens with one attached hydrogen (secondary N) is 1. The van der Waals surface area contributed by atoms with E-state index in [0.29, 0.717) is 41.8 Å². The van der Waals surface area contributed by atoms with Crippen LogP contribution in [-0.2, 0) is 0 Å². The Hall–Kier alpha value is -4.01. The molecule has 190 valence electrons. The van der Waals surface area contributed by atoms with Crippen molar-refractivity contribution >= 4 is 11.6 Å². The molecule has 0 saturated heterocycles. The third-order valence-corrected chi connectivity index (χ3v) is 6.20. The summed E-state index contributed by atoms with van der Waals surface area (Å²) in [6.07, 6.45) is 2.95.